The van der Waals surface area contributed by atoms with Gasteiger partial charge >= 0.3 is 0 Å². The number of aromatic nitrogens is 2. The van der Waals surface area contributed by atoms with Crippen LogP contribution in [-0.4, -0.2) is 28.2 Å². The highest BCUT2D eigenvalue weighted by Crippen LogP contribution is 2.31. The number of rotatable bonds is 3. The maximum absolute atomic E-state index is 11.1. The van der Waals surface area contributed by atoms with Crippen molar-refractivity contribution in [3.63, 3.8) is 0 Å². The number of nitro groups is 1. The van der Waals surface area contributed by atoms with Gasteiger partial charge in [0.15, 0.2) is 5.82 Å². The molecule has 0 atom stereocenters. The van der Waals surface area contributed by atoms with Crippen molar-refractivity contribution in [3.8, 4) is 11.5 Å². The first-order valence-corrected chi connectivity index (χ1v) is 6.95. The Morgan fingerprint density at radius 1 is 1.38 bits per heavy atom. The van der Waals surface area contributed by atoms with E-state index in [9.17, 15) is 10.1 Å². The zero-order valence-electron chi connectivity index (χ0n) is 11.7. The number of piperidine rings is 1. The highest BCUT2D eigenvalue weighted by atomic mass is 16.6. The topological polar surface area (TPSA) is 94.1 Å². The van der Waals surface area contributed by atoms with Gasteiger partial charge in [0.2, 0.25) is 0 Å². The molecule has 3 rings (SSSR count). The monoisotopic (exact) mass is 288 g/mol. The molecule has 0 bridgehead atoms. The zero-order valence-corrected chi connectivity index (χ0v) is 11.7. The molecule has 2 aromatic rings. The van der Waals surface area contributed by atoms with Crippen LogP contribution >= 0.6 is 0 Å². The summed E-state index contributed by atoms with van der Waals surface area (Å²) in [6.45, 7) is 3.73. The Bertz CT molecular complexity index is 662. The molecule has 1 aromatic heterocycles. The third-order valence-corrected chi connectivity index (χ3v) is 3.73. The Balaban J connectivity index is 1.95. The van der Waals surface area contributed by atoms with E-state index in [1.165, 1.54) is 6.07 Å². The van der Waals surface area contributed by atoms with Gasteiger partial charge in [0.25, 0.3) is 11.6 Å². The predicted octanol–water partition coefficient (Wildman–Crippen LogP) is 2.42. The Morgan fingerprint density at radius 3 is 2.86 bits per heavy atom. The number of benzene rings is 1. The average molecular weight is 288 g/mol. The number of aryl methyl sites for hydroxylation is 1. The van der Waals surface area contributed by atoms with E-state index in [0.29, 0.717) is 11.4 Å². The van der Waals surface area contributed by atoms with Crippen molar-refractivity contribution in [2.45, 2.75) is 25.7 Å². The van der Waals surface area contributed by atoms with Gasteiger partial charge in [0, 0.05) is 12.0 Å². The number of hydrogen-bond donors (Lipinski definition) is 1. The minimum absolute atomic E-state index is 0.0129. The molecule has 1 fully saturated rings. The van der Waals surface area contributed by atoms with Crippen LogP contribution in [0.3, 0.4) is 0 Å². The van der Waals surface area contributed by atoms with Crippen LogP contribution in [0.4, 0.5) is 5.69 Å². The fourth-order valence-electron chi connectivity index (χ4n) is 2.57. The Labute approximate surface area is 121 Å². The molecule has 0 amide bonds. The fraction of sp³-hybridized carbons (Fsp3) is 0.429. The highest BCUT2D eigenvalue weighted by molar-refractivity contribution is 5.67. The van der Waals surface area contributed by atoms with Crippen LogP contribution in [0.25, 0.3) is 11.5 Å². The van der Waals surface area contributed by atoms with Gasteiger partial charge in [-0.25, -0.2) is 0 Å². The molecule has 2 heterocycles. The predicted molar refractivity (Wildman–Crippen MR) is 76.0 cm³/mol. The van der Waals surface area contributed by atoms with Crippen molar-refractivity contribution in [1.82, 2.24) is 15.5 Å². The van der Waals surface area contributed by atoms with Gasteiger partial charge in [-0.15, -0.1) is 0 Å². The SMILES string of the molecule is Cc1ccc([N+](=O)[O-])c(-c2nc(C3CCNCC3)no2)c1. The van der Waals surface area contributed by atoms with Crippen molar-refractivity contribution < 1.29 is 9.45 Å². The van der Waals surface area contributed by atoms with Crippen LogP contribution in [0, 0.1) is 17.0 Å². The Kier molecular flexibility index (Phi) is 3.66. The van der Waals surface area contributed by atoms with Gasteiger partial charge in [-0.2, -0.15) is 4.98 Å². The summed E-state index contributed by atoms with van der Waals surface area (Å²) < 4.78 is 5.26. The smallest absolute Gasteiger partial charge is 0.282 e. The molecular formula is C14H16N4O3. The van der Waals surface area contributed by atoms with Crippen LogP contribution in [-0.2, 0) is 0 Å². The molecule has 0 radical (unpaired) electrons. The van der Waals surface area contributed by atoms with Gasteiger partial charge < -0.3 is 9.84 Å². The second kappa shape index (κ2) is 5.61. The van der Waals surface area contributed by atoms with Gasteiger partial charge in [0.05, 0.1) is 4.92 Å². The zero-order chi connectivity index (χ0) is 14.8. The Morgan fingerprint density at radius 2 is 2.14 bits per heavy atom. The van der Waals surface area contributed by atoms with E-state index in [4.69, 9.17) is 4.52 Å². The number of hydrogen-bond acceptors (Lipinski definition) is 6. The maximum atomic E-state index is 11.1. The summed E-state index contributed by atoms with van der Waals surface area (Å²) in [7, 11) is 0. The Hall–Kier alpha value is -2.28. The lowest BCUT2D eigenvalue weighted by Gasteiger charge is -2.18. The molecule has 1 aromatic carbocycles. The number of nitrogens with one attached hydrogen (secondary N) is 1. The van der Waals surface area contributed by atoms with Crippen LogP contribution < -0.4 is 5.32 Å². The third-order valence-electron chi connectivity index (χ3n) is 3.73. The summed E-state index contributed by atoms with van der Waals surface area (Å²) in [6.07, 6.45) is 1.91. The molecule has 1 aliphatic heterocycles. The summed E-state index contributed by atoms with van der Waals surface area (Å²) in [6, 6.07) is 4.88. The van der Waals surface area contributed by atoms with E-state index >= 15 is 0 Å². The third kappa shape index (κ3) is 2.78. The average Bonchev–Trinajstić information content (AvgIpc) is 2.97. The summed E-state index contributed by atoms with van der Waals surface area (Å²) >= 11 is 0. The standard InChI is InChI=1S/C14H16N4O3/c1-9-2-3-12(18(19)20)11(8-9)14-16-13(17-21-14)10-4-6-15-7-5-10/h2-3,8,10,15H,4-7H2,1H3. The summed E-state index contributed by atoms with van der Waals surface area (Å²) in [5, 5.41) is 18.4. The van der Waals surface area contributed by atoms with Crippen molar-refractivity contribution in [2.24, 2.45) is 0 Å². The molecule has 0 aliphatic carbocycles. The molecule has 21 heavy (non-hydrogen) atoms. The van der Waals surface area contributed by atoms with Crippen molar-refractivity contribution in [3.05, 3.63) is 39.7 Å². The molecule has 1 saturated heterocycles. The highest BCUT2D eigenvalue weighted by Gasteiger charge is 2.24. The second-order valence-electron chi connectivity index (χ2n) is 5.26. The van der Waals surface area contributed by atoms with E-state index in [1.54, 1.807) is 12.1 Å². The van der Waals surface area contributed by atoms with Gasteiger partial charge in [-0.1, -0.05) is 11.2 Å². The van der Waals surface area contributed by atoms with Crippen LogP contribution in [0.15, 0.2) is 22.7 Å². The summed E-state index contributed by atoms with van der Waals surface area (Å²) in [5.74, 6) is 1.12. The van der Waals surface area contributed by atoms with Crippen molar-refractivity contribution in [2.75, 3.05) is 13.1 Å². The molecule has 7 nitrogen and oxygen atoms in total. The quantitative estimate of drug-likeness (QED) is 0.688. The van der Waals surface area contributed by atoms with Crippen molar-refractivity contribution >= 4 is 5.69 Å². The molecule has 7 heteroatoms. The molecule has 0 saturated carbocycles. The first kappa shape index (κ1) is 13.7. The lowest BCUT2D eigenvalue weighted by Crippen LogP contribution is -2.27. The number of nitrogens with zero attached hydrogens (tertiary/aromatic N) is 3. The number of nitro benzene ring substituents is 1. The molecule has 0 spiro atoms. The maximum Gasteiger partial charge on any atom is 0.282 e. The van der Waals surface area contributed by atoms with E-state index in [-0.39, 0.29) is 17.5 Å². The molecule has 110 valence electrons. The second-order valence-corrected chi connectivity index (χ2v) is 5.26. The van der Waals surface area contributed by atoms with E-state index < -0.39 is 4.92 Å². The lowest BCUT2D eigenvalue weighted by molar-refractivity contribution is -0.384. The normalized spacial score (nSPS) is 16.0. The minimum Gasteiger partial charge on any atom is -0.334 e. The van der Waals surface area contributed by atoms with Gasteiger partial charge in [-0.3, -0.25) is 10.1 Å². The molecular weight excluding hydrogens is 272 g/mol. The van der Waals surface area contributed by atoms with Gasteiger partial charge in [0.1, 0.15) is 5.56 Å². The molecule has 0 unspecified atom stereocenters. The van der Waals surface area contributed by atoms with Crippen LogP contribution in [0.2, 0.25) is 0 Å². The molecule has 1 N–H and O–H groups in total. The van der Waals surface area contributed by atoms with E-state index in [2.05, 4.69) is 15.5 Å². The summed E-state index contributed by atoms with van der Waals surface area (Å²) in [5.41, 5.74) is 1.28. The van der Waals surface area contributed by atoms with Gasteiger partial charge in [-0.05, 0) is 44.5 Å². The van der Waals surface area contributed by atoms with E-state index in [0.717, 1.165) is 31.5 Å². The summed E-state index contributed by atoms with van der Waals surface area (Å²) in [4.78, 5) is 15.1. The minimum atomic E-state index is -0.427. The largest absolute Gasteiger partial charge is 0.334 e. The molecule has 1 aliphatic rings. The first-order valence-electron chi connectivity index (χ1n) is 6.95. The van der Waals surface area contributed by atoms with E-state index in [1.807, 2.05) is 6.92 Å². The van der Waals surface area contributed by atoms with Crippen LogP contribution in [0.5, 0.6) is 0 Å². The fourth-order valence-corrected chi connectivity index (χ4v) is 2.57. The first-order chi connectivity index (χ1) is 10.1. The van der Waals surface area contributed by atoms with Crippen LogP contribution in [0.1, 0.15) is 30.1 Å². The van der Waals surface area contributed by atoms with Crippen molar-refractivity contribution in [1.29, 1.82) is 0 Å². The lowest BCUT2D eigenvalue weighted by atomic mass is 9.97.